The van der Waals surface area contributed by atoms with Gasteiger partial charge >= 0.3 is 0 Å². The summed E-state index contributed by atoms with van der Waals surface area (Å²) in [5.41, 5.74) is 2.93. The average molecular weight is 246 g/mol. The number of methoxy groups -OCH3 is 2. The van der Waals surface area contributed by atoms with E-state index in [1.807, 2.05) is 12.1 Å². The van der Waals surface area contributed by atoms with Gasteiger partial charge in [-0.2, -0.15) is 0 Å². The van der Waals surface area contributed by atoms with Crippen molar-refractivity contribution in [2.24, 2.45) is 0 Å². The van der Waals surface area contributed by atoms with Crippen molar-refractivity contribution in [1.82, 2.24) is 0 Å². The molecular weight excluding hydrogens is 228 g/mol. The predicted molar refractivity (Wildman–Crippen MR) is 70.3 cm³/mol. The first-order chi connectivity index (χ1) is 8.65. The van der Waals surface area contributed by atoms with Crippen LogP contribution in [0.3, 0.4) is 0 Å². The number of Topliss-reactive ketones (excluding diaryl/α,β-unsaturated/α-hetero) is 1. The molecule has 0 aliphatic heterocycles. The van der Waals surface area contributed by atoms with Crippen LogP contribution in [0.4, 0.5) is 0 Å². The van der Waals surface area contributed by atoms with E-state index in [0.717, 1.165) is 36.1 Å². The van der Waals surface area contributed by atoms with Crippen LogP contribution >= 0.6 is 0 Å². The number of carbonyl (C=O) groups is 1. The normalized spacial score (nSPS) is 15.7. The van der Waals surface area contributed by atoms with Crippen molar-refractivity contribution in [3.63, 3.8) is 0 Å². The zero-order valence-corrected chi connectivity index (χ0v) is 10.9. The molecule has 96 valence electrons. The molecule has 3 nitrogen and oxygen atoms in total. The van der Waals surface area contributed by atoms with E-state index < -0.39 is 0 Å². The van der Waals surface area contributed by atoms with Crippen LogP contribution in [0, 0.1) is 0 Å². The molecule has 0 bridgehead atoms. The van der Waals surface area contributed by atoms with Crippen molar-refractivity contribution in [1.29, 1.82) is 0 Å². The molecule has 0 atom stereocenters. The fourth-order valence-electron chi connectivity index (χ4n) is 2.29. The standard InChI is InChI=1S/C15H18O3/c1-10-5-4-6-11-8-14(17-2)15(18-3)9-12(11)7-13(10)16/h8-9H,1,4-7H2,2-3H3. The minimum Gasteiger partial charge on any atom is -0.493 e. The van der Waals surface area contributed by atoms with E-state index in [4.69, 9.17) is 9.47 Å². The molecule has 2 rings (SSSR count). The molecular formula is C15H18O3. The van der Waals surface area contributed by atoms with Crippen LogP contribution in [0.2, 0.25) is 0 Å². The van der Waals surface area contributed by atoms with Gasteiger partial charge in [-0.3, -0.25) is 4.79 Å². The van der Waals surface area contributed by atoms with Crippen LogP contribution in [0.5, 0.6) is 11.5 Å². The summed E-state index contributed by atoms with van der Waals surface area (Å²) in [6.45, 7) is 3.84. The largest absolute Gasteiger partial charge is 0.493 e. The van der Waals surface area contributed by atoms with Crippen LogP contribution in [-0.4, -0.2) is 20.0 Å². The monoisotopic (exact) mass is 246 g/mol. The fraction of sp³-hybridized carbons (Fsp3) is 0.400. The molecule has 0 spiro atoms. The van der Waals surface area contributed by atoms with E-state index in [2.05, 4.69) is 6.58 Å². The molecule has 1 aliphatic rings. The maximum absolute atomic E-state index is 11.9. The summed E-state index contributed by atoms with van der Waals surface area (Å²) in [6.07, 6.45) is 3.09. The van der Waals surface area contributed by atoms with Gasteiger partial charge in [0.2, 0.25) is 0 Å². The van der Waals surface area contributed by atoms with E-state index in [0.29, 0.717) is 12.2 Å². The average Bonchev–Trinajstić information content (AvgIpc) is 2.37. The number of allylic oxidation sites excluding steroid dienone is 1. The van der Waals surface area contributed by atoms with Gasteiger partial charge in [0.15, 0.2) is 17.3 Å². The molecule has 0 fully saturated rings. The first kappa shape index (κ1) is 12.7. The van der Waals surface area contributed by atoms with E-state index in [1.54, 1.807) is 14.2 Å². The second-order valence-electron chi connectivity index (χ2n) is 4.53. The Hall–Kier alpha value is -1.77. The van der Waals surface area contributed by atoms with Crippen molar-refractivity contribution in [3.8, 4) is 11.5 Å². The molecule has 0 aromatic heterocycles. The van der Waals surface area contributed by atoms with Gasteiger partial charge in [0, 0.05) is 6.42 Å². The summed E-state index contributed by atoms with van der Waals surface area (Å²) in [5.74, 6) is 1.53. The number of hydrogen-bond donors (Lipinski definition) is 0. The lowest BCUT2D eigenvalue weighted by Gasteiger charge is -2.17. The number of fused-ring (bicyclic) bond motifs is 1. The Kier molecular flexibility index (Phi) is 3.70. The number of hydrogen-bond acceptors (Lipinski definition) is 3. The van der Waals surface area contributed by atoms with Gasteiger partial charge in [-0.05, 0) is 48.1 Å². The van der Waals surface area contributed by atoms with Gasteiger partial charge in [-0.25, -0.2) is 0 Å². The first-order valence-electron chi connectivity index (χ1n) is 6.10. The third-order valence-corrected chi connectivity index (χ3v) is 3.38. The third-order valence-electron chi connectivity index (χ3n) is 3.38. The Labute approximate surface area is 107 Å². The first-order valence-corrected chi connectivity index (χ1v) is 6.10. The molecule has 0 radical (unpaired) electrons. The molecule has 0 unspecified atom stereocenters. The van der Waals surface area contributed by atoms with E-state index >= 15 is 0 Å². The Balaban J connectivity index is 2.44. The molecule has 0 heterocycles. The Morgan fingerprint density at radius 2 is 1.67 bits per heavy atom. The van der Waals surface area contributed by atoms with E-state index in [-0.39, 0.29) is 5.78 Å². The van der Waals surface area contributed by atoms with E-state index in [9.17, 15) is 4.79 Å². The molecule has 3 heteroatoms. The summed E-state index contributed by atoms with van der Waals surface area (Å²) in [6, 6.07) is 3.89. The lowest BCUT2D eigenvalue weighted by Crippen LogP contribution is -2.12. The zero-order valence-electron chi connectivity index (χ0n) is 10.9. The second-order valence-corrected chi connectivity index (χ2v) is 4.53. The fourth-order valence-corrected chi connectivity index (χ4v) is 2.29. The SMILES string of the molecule is C=C1CCCc2cc(OC)c(OC)cc2CC1=O. The summed E-state index contributed by atoms with van der Waals surface area (Å²) in [4.78, 5) is 11.9. The molecule has 0 saturated heterocycles. The second kappa shape index (κ2) is 5.25. The van der Waals surface area contributed by atoms with Gasteiger partial charge in [-0.1, -0.05) is 6.58 Å². The van der Waals surface area contributed by atoms with Crippen LogP contribution in [-0.2, 0) is 17.6 Å². The molecule has 0 saturated carbocycles. The maximum atomic E-state index is 11.9. The molecule has 1 aromatic carbocycles. The molecule has 0 N–H and O–H groups in total. The van der Waals surface area contributed by atoms with Crippen molar-refractivity contribution in [2.75, 3.05) is 14.2 Å². The van der Waals surface area contributed by atoms with E-state index in [1.165, 1.54) is 5.56 Å². The highest BCUT2D eigenvalue weighted by atomic mass is 16.5. The van der Waals surface area contributed by atoms with Crippen molar-refractivity contribution < 1.29 is 14.3 Å². The van der Waals surface area contributed by atoms with Gasteiger partial charge < -0.3 is 9.47 Å². The number of rotatable bonds is 2. The summed E-state index contributed by atoms with van der Waals surface area (Å²) in [5, 5.41) is 0. The Morgan fingerprint density at radius 1 is 1.06 bits per heavy atom. The minimum absolute atomic E-state index is 0.128. The van der Waals surface area contributed by atoms with Crippen LogP contribution in [0.1, 0.15) is 24.0 Å². The molecule has 18 heavy (non-hydrogen) atoms. The minimum atomic E-state index is 0.128. The van der Waals surface area contributed by atoms with Crippen LogP contribution in [0.25, 0.3) is 0 Å². The summed E-state index contributed by atoms with van der Waals surface area (Å²) in [7, 11) is 3.23. The predicted octanol–water partition coefficient (Wildman–Crippen LogP) is 2.71. The summed E-state index contributed by atoms with van der Waals surface area (Å²) >= 11 is 0. The number of ketones is 1. The number of benzene rings is 1. The smallest absolute Gasteiger partial charge is 0.162 e. The van der Waals surface area contributed by atoms with Gasteiger partial charge in [-0.15, -0.1) is 0 Å². The van der Waals surface area contributed by atoms with Gasteiger partial charge in [0.1, 0.15) is 0 Å². The van der Waals surface area contributed by atoms with Crippen molar-refractivity contribution in [3.05, 3.63) is 35.4 Å². The molecule has 1 aromatic rings. The van der Waals surface area contributed by atoms with Crippen LogP contribution in [0.15, 0.2) is 24.3 Å². The lowest BCUT2D eigenvalue weighted by atomic mass is 9.90. The van der Waals surface area contributed by atoms with Crippen molar-refractivity contribution >= 4 is 5.78 Å². The third kappa shape index (κ3) is 2.40. The highest BCUT2D eigenvalue weighted by Crippen LogP contribution is 2.33. The quantitative estimate of drug-likeness (QED) is 0.753. The molecule has 0 amide bonds. The number of aryl methyl sites for hydroxylation is 1. The zero-order chi connectivity index (χ0) is 13.1. The highest BCUT2D eigenvalue weighted by molar-refractivity contribution is 5.96. The van der Waals surface area contributed by atoms with Gasteiger partial charge in [0.25, 0.3) is 0 Å². The van der Waals surface area contributed by atoms with Gasteiger partial charge in [0.05, 0.1) is 14.2 Å². The summed E-state index contributed by atoms with van der Waals surface area (Å²) < 4.78 is 10.6. The topological polar surface area (TPSA) is 35.5 Å². The Bertz CT molecular complexity index is 489. The highest BCUT2D eigenvalue weighted by Gasteiger charge is 2.18. The number of carbonyl (C=O) groups excluding carboxylic acids is 1. The number of ether oxygens (including phenoxy) is 2. The maximum Gasteiger partial charge on any atom is 0.162 e. The van der Waals surface area contributed by atoms with Crippen molar-refractivity contribution in [2.45, 2.75) is 25.7 Å². The molecule has 1 aliphatic carbocycles. The van der Waals surface area contributed by atoms with Crippen LogP contribution < -0.4 is 9.47 Å². The Morgan fingerprint density at radius 3 is 2.28 bits per heavy atom. The lowest BCUT2D eigenvalue weighted by molar-refractivity contribution is -0.115.